The minimum atomic E-state index is 0.299. The van der Waals surface area contributed by atoms with E-state index in [4.69, 9.17) is 4.74 Å². The molecule has 3 rings (SSSR count). The van der Waals surface area contributed by atoms with Crippen LogP contribution in [0.5, 0.6) is 5.75 Å². The highest BCUT2D eigenvalue weighted by molar-refractivity contribution is 5.76. The van der Waals surface area contributed by atoms with E-state index in [2.05, 4.69) is 35.8 Å². The molecule has 1 aromatic carbocycles. The number of methoxy groups -OCH3 is 1. The highest BCUT2D eigenvalue weighted by Crippen LogP contribution is 2.40. The van der Waals surface area contributed by atoms with Crippen molar-refractivity contribution < 1.29 is 9.53 Å². The van der Waals surface area contributed by atoms with Gasteiger partial charge in [-0.1, -0.05) is 32.0 Å². The molecule has 0 bridgehead atoms. The molecule has 2 aliphatic rings. The zero-order valence-electron chi connectivity index (χ0n) is 16.0. The number of nitrogens with zero attached hydrogens (tertiary/aromatic N) is 2. The van der Waals surface area contributed by atoms with Crippen LogP contribution in [0.1, 0.15) is 45.1 Å². The van der Waals surface area contributed by atoms with Crippen LogP contribution in [0.4, 0.5) is 0 Å². The lowest BCUT2D eigenvalue weighted by molar-refractivity contribution is -0.135. The van der Waals surface area contributed by atoms with Crippen LogP contribution in [0.25, 0.3) is 0 Å². The summed E-state index contributed by atoms with van der Waals surface area (Å²) in [5.41, 5.74) is 1.55. The summed E-state index contributed by atoms with van der Waals surface area (Å²) < 4.78 is 5.50. The monoisotopic (exact) mass is 344 g/mol. The number of likely N-dealkylation sites (tertiary alicyclic amines) is 2. The number of hydrogen-bond donors (Lipinski definition) is 0. The predicted molar refractivity (Wildman–Crippen MR) is 101 cm³/mol. The standard InChI is InChI=1S/C21H32N2O2/c1-17(2)13-20(24)23-11-6-9-21(16-23)10-12-22(15-21)14-18-7-4-5-8-19(18)25-3/h4-5,7-8,17H,6,9-16H2,1-3H3/t21-/m1/s1. The molecular weight excluding hydrogens is 312 g/mol. The van der Waals surface area contributed by atoms with Crippen molar-refractivity contribution in [2.45, 2.75) is 46.1 Å². The summed E-state index contributed by atoms with van der Waals surface area (Å²) in [7, 11) is 1.74. The predicted octanol–water partition coefficient (Wildman–Crippen LogP) is 3.56. The van der Waals surface area contributed by atoms with Gasteiger partial charge in [-0.15, -0.1) is 0 Å². The number of piperidine rings is 1. The van der Waals surface area contributed by atoms with Crippen LogP contribution in [0.2, 0.25) is 0 Å². The number of amides is 1. The maximum atomic E-state index is 12.5. The average molecular weight is 344 g/mol. The van der Waals surface area contributed by atoms with Gasteiger partial charge in [0.05, 0.1) is 7.11 Å². The number of rotatable bonds is 5. The van der Waals surface area contributed by atoms with Crippen LogP contribution in [-0.2, 0) is 11.3 Å². The smallest absolute Gasteiger partial charge is 0.222 e. The molecule has 2 heterocycles. The summed E-state index contributed by atoms with van der Waals surface area (Å²) >= 11 is 0. The molecule has 0 aromatic heterocycles. The summed E-state index contributed by atoms with van der Waals surface area (Å²) in [5.74, 6) is 1.76. The molecule has 0 saturated carbocycles. The highest BCUT2D eigenvalue weighted by Gasteiger charge is 2.42. The van der Waals surface area contributed by atoms with E-state index in [1.165, 1.54) is 18.4 Å². The Labute approximate surface area is 152 Å². The fraction of sp³-hybridized carbons (Fsp3) is 0.667. The van der Waals surface area contributed by atoms with Crippen molar-refractivity contribution in [2.24, 2.45) is 11.3 Å². The molecule has 4 nitrogen and oxygen atoms in total. The summed E-state index contributed by atoms with van der Waals surface area (Å²) in [6, 6.07) is 8.29. The van der Waals surface area contributed by atoms with E-state index >= 15 is 0 Å². The second-order valence-corrected chi connectivity index (χ2v) is 8.29. The topological polar surface area (TPSA) is 32.8 Å². The van der Waals surface area contributed by atoms with Crippen LogP contribution >= 0.6 is 0 Å². The third kappa shape index (κ3) is 4.35. The average Bonchev–Trinajstić information content (AvgIpc) is 2.96. The summed E-state index contributed by atoms with van der Waals surface area (Å²) in [4.78, 5) is 17.2. The number of para-hydroxylation sites is 1. The molecule has 1 atom stereocenters. The van der Waals surface area contributed by atoms with Gasteiger partial charge in [0.15, 0.2) is 0 Å². The third-order valence-corrected chi connectivity index (χ3v) is 5.70. The van der Waals surface area contributed by atoms with Crippen LogP contribution < -0.4 is 4.74 Å². The first-order chi connectivity index (χ1) is 12.0. The van der Waals surface area contributed by atoms with Crippen LogP contribution in [0, 0.1) is 11.3 Å². The van der Waals surface area contributed by atoms with Gasteiger partial charge in [0.25, 0.3) is 0 Å². The van der Waals surface area contributed by atoms with Crippen LogP contribution in [-0.4, -0.2) is 49.0 Å². The van der Waals surface area contributed by atoms with E-state index in [9.17, 15) is 4.79 Å². The lowest BCUT2D eigenvalue weighted by Crippen LogP contribution is -2.47. The van der Waals surface area contributed by atoms with E-state index in [0.717, 1.165) is 44.9 Å². The van der Waals surface area contributed by atoms with Gasteiger partial charge in [0, 0.05) is 43.6 Å². The molecule has 1 spiro atoms. The van der Waals surface area contributed by atoms with E-state index < -0.39 is 0 Å². The van der Waals surface area contributed by atoms with E-state index in [1.54, 1.807) is 7.11 Å². The maximum absolute atomic E-state index is 12.5. The van der Waals surface area contributed by atoms with Crippen molar-refractivity contribution in [2.75, 3.05) is 33.3 Å². The maximum Gasteiger partial charge on any atom is 0.222 e. The van der Waals surface area contributed by atoms with E-state index in [-0.39, 0.29) is 0 Å². The molecule has 138 valence electrons. The zero-order valence-corrected chi connectivity index (χ0v) is 16.0. The molecule has 2 saturated heterocycles. The van der Waals surface area contributed by atoms with Crippen molar-refractivity contribution in [3.63, 3.8) is 0 Å². The fourth-order valence-electron chi connectivity index (χ4n) is 4.47. The molecule has 2 aliphatic heterocycles. The molecule has 1 amide bonds. The SMILES string of the molecule is COc1ccccc1CN1CC[C@]2(CCCN(C(=O)CC(C)C)C2)C1. The molecule has 2 fully saturated rings. The Morgan fingerprint density at radius 3 is 2.76 bits per heavy atom. The Hall–Kier alpha value is -1.55. The normalized spacial score (nSPS) is 24.2. The summed E-state index contributed by atoms with van der Waals surface area (Å²) in [6.45, 7) is 9.29. The second kappa shape index (κ2) is 7.77. The van der Waals surface area contributed by atoms with Gasteiger partial charge in [-0.05, 0) is 37.8 Å². The number of hydrogen-bond acceptors (Lipinski definition) is 3. The van der Waals surface area contributed by atoms with Crippen LogP contribution in [0.15, 0.2) is 24.3 Å². The van der Waals surface area contributed by atoms with Crippen molar-refractivity contribution in [3.8, 4) is 5.75 Å². The first kappa shape index (κ1) is 18.2. The Bertz CT molecular complexity index is 601. The molecule has 4 heteroatoms. The summed E-state index contributed by atoms with van der Waals surface area (Å²) in [6.07, 6.45) is 4.28. The Balaban J connectivity index is 1.62. The molecular formula is C21H32N2O2. The van der Waals surface area contributed by atoms with Gasteiger partial charge in [0.2, 0.25) is 5.91 Å². The number of ether oxygens (including phenoxy) is 1. The number of benzene rings is 1. The van der Waals surface area contributed by atoms with Crippen LogP contribution in [0.3, 0.4) is 0 Å². The molecule has 0 aliphatic carbocycles. The minimum Gasteiger partial charge on any atom is -0.496 e. The van der Waals surface area contributed by atoms with E-state index in [1.807, 2.05) is 12.1 Å². The van der Waals surface area contributed by atoms with Gasteiger partial charge >= 0.3 is 0 Å². The Morgan fingerprint density at radius 2 is 2.00 bits per heavy atom. The van der Waals surface area contributed by atoms with Crippen molar-refractivity contribution in [1.82, 2.24) is 9.80 Å². The Kier molecular flexibility index (Phi) is 5.67. The molecule has 1 aromatic rings. The lowest BCUT2D eigenvalue weighted by Gasteiger charge is -2.41. The second-order valence-electron chi connectivity index (χ2n) is 8.29. The quantitative estimate of drug-likeness (QED) is 0.819. The first-order valence-corrected chi connectivity index (χ1v) is 9.63. The molecule has 0 radical (unpaired) electrons. The Morgan fingerprint density at radius 1 is 1.20 bits per heavy atom. The van der Waals surface area contributed by atoms with Gasteiger partial charge in [-0.25, -0.2) is 0 Å². The van der Waals surface area contributed by atoms with E-state index in [0.29, 0.717) is 23.7 Å². The van der Waals surface area contributed by atoms with Crippen molar-refractivity contribution >= 4 is 5.91 Å². The van der Waals surface area contributed by atoms with Crippen molar-refractivity contribution in [3.05, 3.63) is 29.8 Å². The summed E-state index contributed by atoms with van der Waals surface area (Å²) in [5, 5.41) is 0. The number of carbonyl (C=O) groups excluding carboxylic acids is 1. The van der Waals surface area contributed by atoms with Gasteiger partial charge in [-0.3, -0.25) is 9.69 Å². The largest absolute Gasteiger partial charge is 0.496 e. The van der Waals surface area contributed by atoms with Gasteiger partial charge in [-0.2, -0.15) is 0 Å². The number of carbonyl (C=O) groups is 1. The van der Waals surface area contributed by atoms with Crippen molar-refractivity contribution in [1.29, 1.82) is 0 Å². The zero-order chi connectivity index (χ0) is 17.9. The van der Waals surface area contributed by atoms with Gasteiger partial charge < -0.3 is 9.64 Å². The highest BCUT2D eigenvalue weighted by atomic mass is 16.5. The molecule has 25 heavy (non-hydrogen) atoms. The first-order valence-electron chi connectivity index (χ1n) is 9.63. The minimum absolute atomic E-state index is 0.299. The molecule has 0 unspecified atom stereocenters. The third-order valence-electron chi connectivity index (χ3n) is 5.70. The fourth-order valence-corrected chi connectivity index (χ4v) is 4.47. The van der Waals surface area contributed by atoms with Gasteiger partial charge in [0.1, 0.15) is 5.75 Å². The lowest BCUT2D eigenvalue weighted by atomic mass is 9.79. The molecule has 0 N–H and O–H groups in total.